The van der Waals surface area contributed by atoms with Gasteiger partial charge in [-0.25, -0.2) is 0 Å². The highest BCUT2D eigenvalue weighted by atomic mass is 16.5. The average Bonchev–Trinajstić information content (AvgIpc) is 3.12. The van der Waals surface area contributed by atoms with Crippen molar-refractivity contribution in [2.45, 2.75) is 25.0 Å². The van der Waals surface area contributed by atoms with Crippen LogP contribution in [0.15, 0.2) is 47.4 Å². The smallest absolute Gasteiger partial charge is 0.250 e. The zero-order valence-electron chi connectivity index (χ0n) is 16.0. The summed E-state index contributed by atoms with van der Waals surface area (Å²) in [6.45, 7) is 3.17. The van der Waals surface area contributed by atoms with Gasteiger partial charge in [0, 0.05) is 66.5 Å². The number of rotatable bonds is 4. The van der Waals surface area contributed by atoms with Crippen molar-refractivity contribution in [2.75, 3.05) is 26.7 Å². The van der Waals surface area contributed by atoms with E-state index in [1.54, 1.807) is 13.2 Å². The van der Waals surface area contributed by atoms with Gasteiger partial charge in [0.05, 0.1) is 13.2 Å². The molecule has 1 saturated heterocycles. The number of methoxy groups -OCH3 is 1. The maximum Gasteiger partial charge on any atom is 0.250 e. The maximum atomic E-state index is 12.2. The number of ether oxygens (including phenoxy) is 1. The first-order valence-corrected chi connectivity index (χ1v) is 9.87. The molecule has 6 nitrogen and oxygen atoms in total. The van der Waals surface area contributed by atoms with Crippen LogP contribution >= 0.6 is 0 Å². The number of likely N-dealkylation sites (tertiary alicyclic amines) is 1. The van der Waals surface area contributed by atoms with Crippen LogP contribution in [0.1, 0.15) is 29.7 Å². The summed E-state index contributed by atoms with van der Waals surface area (Å²) in [5, 5.41) is 12.0. The lowest BCUT2D eigenvalue weighted by Gasteiger charge is -2.43. The van der Waals surface area contributed by atoms with Crippen molar-refractivity contribution >= 4 is 10.9 Å². The first kappa shape index (κ1) is 17.5. The second-order valence-corrected chi connectivity index (χ2v) is 8.09. The number of piperidine rings is 1. The third-order valence-corrected chi connectivity index (χ3v) is 6.27. The molecule has 3 atom stereocenters. The minimum atomic E-state index is -0.572. The number of aromatic nitrogens is 2. The maximum absolute atomic E-state index is 12.2. The second-order valence-electron chi connectivity index (χ2n) is 8.09. The van der Waals surface area contributed by atoms with Crippen molar-refractivity contribution in [3.63, 3.8) is 0 Å². The number of β-amino-alcohol motifs (C(OH)–C–C–N with tert-alkyl or cyclic N) is 1. The van der Waals surface area contributed by atoms with Crippen molar-refractivity contribution in [3.05, 3.63) is 64.2 Å². The lowest BCUT2D eigenvalue weighted by atomic mass is 9.83. The van der Waals surface area contributed by atoms with Gasteiger partial charge < -0.3 is 19.4 Å². The molecule has 2 aromatic heterocycles. The number of aromatic amines is 1. The number of hydrogen-bond donors (Lipinski definition) is 2. The summed E-state index contributed by atoms with van der Waals surface area (Å²) >= 11 is 0. The Morgan fingerprint density at radius 2 is 2.14 bits per heavy atom. The molecule has 4 heterocycles. The van der Waals surface area contributed by atoms with Crippen molar-refractivity contribution in [1.29, 1.82) is 0 Å². The number of benzene rings is 1. The van der Waals surface area contributed by atoms with Crippen LogP contribution in [-0.2, 0) is 6.54 Å². The monoisotopic (exact) mass is 379 g/mol. The number of hydrogen-bond acceptors (Lipinski definition) is 4. The summed E-state index contributed by atoms with van der Waals surface area (Å²) in [5.74, 6) is 1.60. The van der Waals surface area contributed by atoms with E-state index in [4.69, 9.17) is 4.74 Å². The molecule has 28 heavy (non-hydrogen) atoms. The first-order valence-electron chi connectivity index (χ1n) is 9.87. The van der Waals surface area contributed by atoms with Crippen molar-refractivity contribution in [1.82, 2.24) is 14.5 Å². The molecule has 0 radical (unpaired) electrons. The van der Waals surface area contributed by atoms with Crippen LogP contribution in [0.2, 0.25) is 0 Å². The highest BCUT2D eigenvalue weighted by molar-refractivity contribution is 5.85. The van der Waals surface area contributed by atoms with Gasteiger partial charge in [0.25, 0.3) is 5.56 Å². The van der Waals surface area contributed by atoms with E-state index in [2.05, 4.69) is 16.0 Å². The number of aliphatic hydroxyl groups is 1. The molecule has 1 aromatic carbocycles. The van der Waals surface area contributed by atoms with E-state index in [9.17, 15) is 9.90 Å². The number of pyridine rings is 1. The lowest BCUT2D eigenvalue weighted by molar-refractivity contribution is 0.0627. The molecular weight excluding hydrogens is 354 g/mol. The van der Waals surface area contributed by atoms with Gasteiger partial charge in [0.15, 0.2) is 0 Å². The molecule has 5 rings (SSSR count). The van der Waals surface area contributed by atoms with Crippen LogP contribution in [0, 0.1) is 5.92 Å². The quantitative estimate of drug-likeness (QED) is 0.731. The highest BCUT2D eigenvalue weighted by Gasteiger charge is 2.35. The summed E-state index contributed by atoms with van der Waals surface area (Å²) in [7, 11) is 1.65. The number of aliphatic hydroxyl groups excluding tert-OH is 1. The second kappa shape index (κ2) is 6.79. The number of nitrogens with zero attached hydrogens (tertiary/aromatic N) is 2. The third-order valence-electron chi connectivity index (χ3n) is 6.27. The highest BCUT2D eigenvalue weighted by Crippen LogP contribution is 2.36. The topological polar surface area (TPSA) is 70.5 Å². The zero-order valence-corrected chi connectivity index (χ0v) is 16.0. The number of fused-ring (bicyclic) bond motifs is 5. The van der Waals surface area contributed by atoms with E-state index in [0.29, 0.717) is 18.4 Å². The van der Waals surface area contributed by atoms with Gasteiger partial charge in [-0.15, -0.1) is 0 Å². The fourth-order valence-corrected chi connectivity index (χ4v) is 5.01. The van der Waals surface area contributed by atoms with Crippen LogP contribution in [0.3, 0.4) is 0 Å². The molecule has 2 bridgehead atoms. The molecule has 0 spiro atoms. The normalized spacial score (nSPS) is 22.8. The Labute approximate surface area is 163 Å². The largest absolute Gasteiger partial charge is 0.497 e. The van der Waals surface area contributed by atoms with E-state index < -0.39 is 6.10 Å². The van der Waals surface area contributed by atoms with Crippen LogP contribution < -0.4 is 10.3 Å². The summed E-state index contributed by atoms with van der Waals surface area (Å²) in [6.07, 6.45) is 2.45. The lowest BCUT2D eigenvalue weighted by Crippen LogP contribution is -2.48. The Bertz CT molecular complexity index is 1070. The fraction of sp³-hybridized carbons (Fsp3) is 0.409. The Balaban J connectivity index is 1.37. The molecule has 1 fully saturated rings. The van der Waals surface area contributed by atoms with Crippen LogP contribution in [0.5, 0.6) is 5.75 Å². The van der Waals surface area contributed by atoms with Crippen LogP contribution in [0.4, 0.5) is 0 Å². The molecule has 0 aliphatic carbocycles. The standard InChI is InChI=1S/C22H25N3O3/c1-28-16-5-6-19-17(8-16)18(9-23-19)21(26)13-24-10-14-7-15(12-24)20-3-2-4-22(27)25(20)11-14/h2-6,8-9,14-15,21,23,26H,7,10-13H2,1H3/t14-,15?,21?/m1/s1. The molecule has 146 valence electrons. The molecule has 2 aliphatic heterocycles. The van der Waals surface area contributed by atoms with Gasteiger partial charge in [-0.1, -0.05) is 6.07 Å². The summed E-state index contributed by atoms with van der Waals surface area (Å²) in [6, 6.07) is 11.5. The Hall–Kier alpha value is -2.57. The molecule has 3 aromatic rings. The summed E-state index contributed by atoms with van der Waals surface area (Å²) in [5.41, 5.74) is 3.15. The predicted octanol–water partition coefficient (Wildman–Crippen LogP) is 2.49. The van der Waals surface area contributed by atoms with Crippen molar-refractivity contribution in [2.24, 2.45) is 5.92 Å². The van der Waals surface area contributed by atoms with Gasteiger partial charge in [-0.05, 0) is 36.6 Å². The Kier molecular flexibility index (Phi) is 4.25. The summed E-state index contributed by atoms with van der Waals surface area (Å²) in [4.78, 5) is 17.8. The Morgan fingerprint density at radius 1 is 1.25 bits per heavy atom. The van der Waals surface area contributed by atoms with E-state index in [1.807, 2.05) is 35.0 Å². The molecule has 0 amide bonds. The molecule has 6 heteroatoms. The fourth-order valence-electron chi connectivity index (χ4n) is 5.01. The SMILES string of the molecule is COc1ccc2[nH]cc(C(O)CN3CC4C[C@H](C3)Cn3c4cccc3=O)c2c1. The third kappa shape index (κ3) is 2.93. The molecule has 2 N–H and O–H groups in total. The molecule has 2 unspecified atom stereocenters. The van der Waals surface area contributed by atoms with Gasteiger partial charge >= 0.3 is 0 Å². The zero-order chi connectivity index (χ0) is 19.3. The first-order chi connectivity index (χ1) is 13.6. The van der Waals surface area contributed by atoms with Gasteiger partial charge in [0.1, 0.15) is 5.75 Å². The molecule has 2 aliphatic rings. The van der Waals surface area contributed by atoms with Crippen molar-refractivity contribution < 1.29 is 9.84 Å². The van der Waals surface area contributed by atoms with Gasteiger partial charge in [-0.3, -0.25) is 9.69 Å². The van der Waals surface area contributed by atoms with Crippen molar-refractivity contribution in [3.8, 4) is 5.75 Å². The number of H-pyrrole nitrogens is 1. The number of nitrogens with one attached hydrogen (secondary N) is 1. The van der Waals surface area contributed by atoms with Crippen LogP contribution in [0.25, 0.3) is 10.9 Å². The summed E-state index contributed by atoms with van der Waals surface area (Å²) < 4.78 is 7.28. The Morgan fingerprint density at radius 3 is 3.00 bits per heavy atom. The minimum absolute atomic E-state index is 0.105. The van der Waals surface area contributed by atoms with Gasteiger partial charge in [0.2, 0.25) is 0 Å². The van der Waals surface area contributed by atoms with E-state index in [0.717, 1.165) is 54.0 Å². The van der Waals surface area contributed by atoms with E-state index in [1.165, 1.54) is 0 Å². The predicted molar refractivity (Wildman–Crippen MR) is 108 cm³/mol. The van der Waals surface area contributed by atoms with E-state index >= 15 is 0 Å². The van der Waals surface area contributed by atoms with E-state index in [-0.39, 0.29) is 5.56 Å². The van der Waals surface area contributed by atoms with Crippen LogP contribution in [-0.4, -0.2) is 46.3 Å². The molecular formula is C22H25N3O3. The molecule has 0 saturated carbocycles. The average molecular weight is 379 g/mol. The van der Waals surface area contributed by atoms with Gasteiger partial charge in [-0.2, -0.15) is 0 Å². The minimum Gasteiger partial charge on any atom is -0.497 e.